The van der Waals surface area contributed by atoms with Crippen LogP contribution in [0.1, 0.15) is 13.3 Å². The smallest absolute Gasteiger partial charge is 0.164 e. The Kier molecular flexibility index (Phi) is 1.59. The first-order valence-corrected chi connectivity index (χ1v) is 5.18. The summed E-state index contributed by atoms with van der Waals surface area (Å²) in [5.41, 5.74) is 1.26. The number of fused-ring (bicyclic) bond motifs is 1. The Morgan fingerprint density at radius 2 is 2.08 bits per heavy atom. The minimum Gasteiger partial charge on any atom is -0.352 e. The van der Waals surface area contributed by atoms with Crippen molar-refractivity contribution in [2.75, 3.05) is 13.2 Å². The molecule has 0 bridgehead atoms. The number of hydrogen-bond donors (Lipinski definition) is 0. The summed E-state index contributed by atoms with van der Waals surface area (Å²) < 4.78 is 11.1. The van der Waals surface area contributed by atoms with E-state index in [1.165, 1.54) is 12.0 Å². The highest BCUT2D eigenvalue weighted by Crippen LogP contribution is 2.53. The van der Waals surface area contributed by atoms with Crippen LogP contribution in [0.25, 0.3) is 0 Å². The third kappa shape index (κ3) is 1.09. The lowest BCUT2D eigenvalue weighted by Gasteiger charge is -2.15. The Hall–Kier alpha value is -0.340. The van der Waals surface area contributed by atoms with E-state index in [0.29, 0.717) is 18.4 Å². The lowest BCUT2D eigenvalue weighted by atomic mass is 9.86. The van der Waals surface area contributed by atoms with Crippen LogP contribution >= 0.6 is 0 Å². The Balaban J connectivity index is 1.79. The molecule has 2 saturated heterocycles. The van der Waals surface area contributed by atoms with Gasteiger partial charge in [-0.15, -0.1) is 0 Å². The fraction of sp³-hybridized carbons (Fsp3) is 0.818. The molecule has 13 heavy (non-hydrogen) atoms. The normalized spacial score (nSPS) is 53.9. The lowest BCUT2D eigenvalue weighted by Crippen LogP contribution is -2.18. The molecule has 0 spiro atoms. The monoisotopic (exact) mass is 180 g/mol. The van der Waals surface area contributed by atoms with Gasteiger partial charge in [0.25, 0.3) is 0 Å². The first-order chi connectivity index (χ1) is 6.27. The van der Waals surface area contributed by atoms with Gasteiger partial charge in [-0.25, -0.2) is 0 Å². The topological polar surface area (TPSA) is 18.5 Å². The molecule has 4 unspecified atom stereocenters. The first kappa shape index (κ1) is 8.01. The first-order valence-electron chi connectivity index (χ1n) is 5.18. The van der Waals surface area contributed by atoms with Crippen LogP contribution in [0.15, 0.2) is 12.2 Å². The summed E-state index contributed by atoms with van der Waals surface area (Å²) >= 11 is 0. The largest absolute Gasteiger partial charge is 0.352 e. The van der Waals surface area contributed by atoms with Crippen LogP contribution in [0.3, 0.4) is 0 Å². The van der Waals surface area contributed by atoms with Crippen LogP contribution in [-0.2, 0) is 9.47 Å². The predicted molar refractivity (Wildman–Crippen MR) is 49.1 cm³/mol. The minimum atomic E-state index is 0.0466. The molecule has 2 heterocycles. The van der Waals surface area contributed by atoms with Gasteiger partial charge in [-0.3, -0.25) is 0 Å². The van der Waals surface area contributed by atoms with Crippen molar-refractivity contribution in [3.8, 4) is 0 Å². The molecule has 0 aromatic carbocycles. The number of hydrogen-bond acceptors (Lipinski definition) is 2. The molecule has 3 fully saturated rings. The van der Waals surface area contributed by atoms with Crippen LogP contribution in [0.4, 0.5) is 0 Å². The molecule has 0 aromatic heterocycles. The van der Waals surface area contributed by atoms with Gasteiger partial charge in [0.05, 0.1) is 13.2 Å². The highest BCUT2D eigenvalue weighted by atomic mass is 16.7. The Morgan fingerprint density at radius 1 is 1.31 bits per heavy atom. The molecular weight excluding hydrogens is 164 g/mol. The molecule has 0 radical (unpaired) electrons. The van der Waals surface area contributed by atoms with Crippen molar-refractivity contribution in [3.05, 3.63) is 12.2 Å². The van der Waals surface area contributed by atoms with Crippen LogP contribution in [0.5, 0.6) is 0 Å². The Labute approximate surface area is 78.9 Å². The third-order valence-electron chi connectivity index (χ3n) is 3.83. The van der Waals surface area contributed by atoms with Gasteiger partial charge in [-0.2, -0.15) is 0 Å². The summed E-state index contributed by atoms with van der Waals surface area (Å²) in [5, 5.41) is 0. The minimum absolute atomic E-state index is 0.0466. The zero-order valence-electron chi connectivity index (χ0n) is 8.03. The van der Waals surface area contributed by atoms with Crippen molar-refractivity contribution in [2.45, 2.75) is 19.6 Å². The molecule has 1 aliphatic carbocycles. The van der Waals surface area contributed by atoms with Crippen molar-refractivity contribution in [3.63, 3.8) is 0 Å². The molecule has 5 atom stereocenters. The summed E-state index contributed by atoms with van der Waals surface area (Å²) in [5.74, 6) is 3.00. The van der Waals surface area contributed by atoms with Crippen LogP contribution in [0.2, 0.25) is 0 Å². The van der Waals surface area contributed by atoms with Crippen LogP contribution in [0, 0.1) is 23.7 Å². The van der Waals surface area contributed by atoms with Crippen molar-refractivity contribution in [1.29, 1.82) is 0 Å². The van der Waals surface area contributed by atoms with Crippen LogP contribution < -0.4 is 0 Å². The van der Waals surface area contributed by atoms with Crippen molar-refractivity contribution in [1.82, 2.24) is 0 Å². The summed E-state index contributed by atoms with van der Waals surface area (Å²) in [6.45, 7) is 8.01. The van der Waals surface area contributed by atoms with Gasteiger partial charge in [-0.05, 0) is 29.7 Å². The lowest BCUT2D eigenvalue weighted by molar-refractivity contribution is -0.0905. The Bertz CT molecular complexity index is 248. The molecule has 3 aliphatic rings. The number of ether oxygens (including phenoxy) is 2. The van der Waals surface area contributed by atoms with Gasteiger partial charge in [0, 0.05) is 5.92 Å². The second kappa shape index (κ2) is 2.58. The molecule has 2 aliphatic heterocycles. The molecular formula is C11H16O2. The quantitative estimate of drug-likeness (QED) is 0.573. The van der Waals surface area contributed by atoms with Gasteiger partial charge in [0.1, 0.15) is 0 Å². The van der Waals surface area contributed by atoms with E-state index in [9.17, 15) is 0 Å². The van der Waals surface area contributed by atoms with Crippen molar-refractivity contribution < 1.29 is 9.47 Å². The molecule has 0 amide bonds. The highest BCUT2D eigenvalue weighted by molar-refractivity contribution is 5.13. The Morgan fingerprint density at radius 3 is 2.77 bits per heavy atom. The molecule has 72 valence electrons. The third-order valence-corrected chi connectivity index (χ3v) is 3.83. The highest BCUT2D eigenvalue weighted by Gasteiger charge is 2.52. The van der Waals surface area contributed by atoms with E-state index >= 15 is 0 Å². The van der Waals surface area contributed by atoms with E-state index in [1.54, 1.807) is 0 Å². The maximum atomic E-state index is 5.63. The van der Waals surface area contributed by atoms with E-state index < -0.39 is 0 Å². The molecule has 2 heteroatoms. The van der Waals surface area contributed by atoms with Gasteiger partial charge in [0.2, 0.25) is 0 Å². The predicted octanol–water partition coefficient (Wildman–Crippen LogP) is 1.82. The van der Waals surface area contributed by atoms with Gasteiger partial charge in [-0.1, -0.05) is 13.5 Å². The summed E-state index contributed by atoms with van der Waals surface area (Å²) in [6, 6.07) is 0. The van der Waals surface area contributed by atoms with E-state index in [1.807, 2.05) is 0 Å². The molecule has 1 saturated carbocycles. The average molecular weight is 180 g/mol. The second-order valence-electron chi connectivity index (χ2n) is 4.74. The van der Waals surface area contributed by atoms with Crippen LogP contribution in [-0.4, -0.2) is 19.5 Å². The summed E-state index contributed by atoms with van der Waals surface area (Å²) in [7, 11) is 0. The van der Waals surface area contributed by atoms with E-state index in [2.05, 4.69) is 13.5 Å². The standard InChI is InChI=1S/C11H16O2/c1-6-3-8(6)9-5-13-11-10(9)7(2)4-12-11/h6,8-11H,2-5H2,1H3/t6?,8-,9?,10?,11?/m0/s1. The molecule has 2 nitrogen and oxygen atoms in total. The maximum Gasteiger partial charge on any atom is 0.164 e. The summed E-state index contributed by atoms with van der Waals surface area (Å²) in [4.78, 5) is 0. The molecule has 3 rings (SSSR count). The van der Waals surface area contributed by atoms with E-state index in [-0.39, 0.29) is 6.29 Å². The zero-order valence-corrected chi connectivity index (χ0v) is 8.03. The fourth-order valence-corrected chi connectivity index (χ4v) is 2.88. The molecule has 0 aromatic rings. The van der Waals surface area contributed by atoms with Gasteiger partial charge < -0.3 is 9.47 Å². The molecule has 0 N–H and O–H groups in total. The maximum absolute atomic E-state index is 5.63. The zero-order chi connectivity index (χ0) is 9.00. The second-order valence-corrected chi connectivity index (χ2v) is 4.74. The summed E-state index contributed by atoms with van der Waals surface area (Å²) in [6.07, 6.45) is 1.43. The van der Waals surface area contributed by atoms with Crippen molar-refractivity contribution >= 4 is 0 Å². The SMILES string of the molecule is C=C1COC2OCC([C@H]3CC3C)C12. The van der Waals surface area contributed by atoms with Gasteiger partial charge in [0.15, 0.2) is 6.29 Å². The van der Waals surface area contributed by atoms with E-state index in [0.717, 1.165) is 18.4 Å². The fourth-order valence-electron chi connectivity index (χ4n) is 2.88. The number of rotatable bonds is 1. The van der Waals surface area contributed by atoms with Gasteiger partial charge >= 0.3 is 0 Å². The van der Waals surface area contributed by atoms with Crippen molar-refractivity contribution in [2.24, 2.45) is 23.7 Å². The van der Waals surface area contributed by atoms with E-state index in [4.69, 9.17) is 9.47 Å². The average Bonchev–Trinajstić information content (AvgIpc) is 2.60.